The summed E-state index contributed by atoms with van der Waals surface area (Å²) in [7, 11) is 0. The van der Waals surface area contributed by atoms with E-state index in [9.17, 15) is 5.11 Å². The Labute approximate surface area is 99.5 Å². The molecule has 0 spiro atoms. The van der Waals surface area contributed by atoms with E-state index in [1.54, 1.807) is 10.8 Å². The van der Waals surface area contributed by atoms with Crippen molar-refractivity contribution in [3.8, 4) is 0 Å². The molecule has 3 rings (SSSR count). The molecule has 1 aliphatic heterocycles. The lowest BCUT2D eigenvalue weighted by Gasteiger charge is -2.29. The van der Waals surface area contributed by atoms with Crippen LogP contribution in [0.1, 0.15) is 23.5 Å². The molecule has 17 heavy (non-hydrogen) atoms. The van der Waals surface area contributed by atoms with E-state index in [0.29, 0.717) is 6.54 Å². The molecule has 0 aliphatic carbocycles. The van der Waals surface area contributed by atoms with E-state index < -0.39 is 0 Å². The molecule has 1 fully saturated rings. The maximum atomic E-state index is 10.1. The number of nitrogens with zero attached hydrogens (tertiary/aromatic N) is 3. The zero-order valence-electron chi connectivity index (χ0n) is 9.80. The van der Waals surface area contributed by atoms with Crippen LogP contribution in [0.25, 0.3) is 5.65 Å². The number of aryl methyl sites for hydroxylation is 1. The van der Waals surface area contributed by atoms with Crippen molar-refractivity contribution >= 4 is 5.65 Å². The van der Waals surface area contributed by atoms with E-state index in [0.717, 1.165) is 18.6 Å². The Balaban J connectivity index is 2.05. The third-order valence-corrected chi connectivity index (χ3v) is 3.51. The van der Waals surface area contributed by atoms with E-state index in [1.165, 1.54) is 11.1 Å². The average molecular weight is 232 g/mol. The number of β-amino-alcohol motifs (C(OH)–C–C–N with tert-alkyl or cyclic N) is 1. The molecule has 5 nitrogen and oxygen atoms in total. The summed E-state index contributed by atoms with van der Waals surface area (Å²) in [5.41, 5.74) is 3.21. The van der Waals surface area contributed by atoms with Crippen LogP contribution in [0.2, 0.25) is 0 Å². The number of hydrogen-bond donors (Lipinski definition) is 2. The molecule has 3 heterocycles. The Morgan fingerprint density at radius 3 is 3.24 bits per heavy atom. The Morgan fingerprint density at radius 1 is 1.53 bits per heavy atom. The second kappa shape index (κ2) is 4.09. The first kappa shape index (κ1) is 10.7. The van der Waals surface area contributed by atoms with Gasteiger partial charge < -0.3 is 10.4 Å². The number of fused-ring (bicyclic) bond motifs is 1. The zero-order valence-corrected chi connectivity index (χ0v) is 9.80. The van der Waals surface area contributed by atoms with Gasteiger partial charge in [0.25, 0.3) is 0 Å². The lowest BCUT2D eigenvalue weighted by atomic mass is 9.86. The summed E-state index contributed by atoms with van der Waals surface area (Å²) in [4.78, 5) is 4.16. The molecule has 2 aromatic heterocycles. The quantitative estimate of drug-likeness (QED) is 0.750. The number of nitrogens with one attached hydrogen (secondary N) is 1. The summed E-state index contributed by atoms with van der Waals surface area (Å²) in [6.07, 6.45) is 4.19. The molecule has 0 bridgehead atoms. The highest BCUT2D eigenvalue weighted by Crippen LogP contribution is 2.28. The molecular weight excluding hydrogens is 216 g/mol. The topological polar surface area (TPSA) is 62.5 Å². The largest absolute Gasteiger partial charge is 0.391 e. The van der Waals surface area contributed by atoms with Crippen LogP contribution >= 0.6 is 0 Å². The number of aliphatic hydroxyl groups is 1. The van der Waals surface area contributed by atoms with Crippen molar-refractivity contribution < 1.29 is 5.11 Å². The van der Waals surface area contributed by atoms with E-state index >= 15 is 0 Å². The van der Waals surface area contributed by atoms with Gasteiger partial charge in [-0.2, -0.15) is 5.10 Å². The molecule has 2 N–H and O–H groups in total. The number of piperidine rings is 1. The third-order valence-electron chi connectivity index (χ3n) is 3.51. The fraction of sp³-hybridized carbons (Fsp3) is 0.500. The van der Waals surface area contributed by atoms with Crippen molar-refractivity contribution in [1.29, 1.82) is 0 Å². The normalized spacial score (nSPS) is 25.3. The van der Waals surface area contributed by atoms with Gasteiger partial charge in [0, 0.05) is 18.7 Å². The van der Waals surface area contributed by atoms with Crippen LogP contribution in [0, 0.1) is 6.92 Å². The Bertz CT molecular complexity index is 536. The van der Waals surface area contributed by atoms with Crippen molar-refractivity contribution in [2.24, 2.45) is 0 Å². The lowest BCUT2D eigenvalue weighted by Crippen LogP contribution is -2.39. The van der Waals surface area contributed by atoms with Gasteiger partial charge in [0.05, 0.1) is 6.10 Å². The highest BCUT2D eigenvalue weighted by atomic mass is 16.3. The smallest absolute Gasteiger partial charge is 0.155 e. The molecule has 2 aromatic rings. The van der Waals surface area contributed by atoms with E-state index in [-0.39, 0.29) is 12.0 Å². The summed E-state index contributed by atoms with van der Waals surface area (Å²) in [5.74, 6) is 0.199. The zero-order chi connectivity index (χ0) is 11.8. The first-order valence-electron chi connectivity index (χ1n) is 5.94. The molecule has 2 atom stereocenters. The average Bonchev–Trinajstić information content (AvgIpc) is 2.76. The van der Waals surface area contributed by atoms with Gasteiger partial charge in [-0.05, 0) is 37.1 Å². The molecular formula is C12H16N4O. The van der Waals surface area contributed by atoms with Gasteiger partial charge in [0.2, 0.25) is 0 Å². The van der Waals surface area contributed by atoms with E-state index in [4.69, 9.17) is 0 Å². The second-order valence-corrected chi connectivity index (χ2v) is 4.64. The molecule has 1 saturated heterocycles. The van der Waals surface area contributed by atoms with Crippen LogP contribution in [-0.2, 0) is 0 Å². The highest BCUT2D eigenvalue weighted by Gasteiger charge is 2.26. The van der Waals surface area contributed by atoms with Gasteiger partial charge in [0.15, 0.2) is 5.65 Å². The van der Waals surface area contributed by atoms with Gasteiger partial charge in [-0.3, -0.25) is 0 Å². The van der Waals surface area contributed by atoms with Crippen molar-refractivity contribution in [3.05, 3.63) is 29.7 Å². The SMILES string of the molecule is Cc1cc2ncnn2cc1[C@@H]1CCNC[C@H]1O. The Morgan fingerprint density at radius 2 is 2.41 bits per heavy atom. The number of pyridine rings is 1. The monoisotopic (exact) mass is 232 g/mol. The molecule has 90 valence electrons. The van der Waals surface area contributed by atoms with Crippen LogP contribution in [0.5, 0.6) is 0 Å². The summed E-state index contributed by atoms with van der Waals surface area (Å²) in [6.45, 7) is 3.69. The molecule has 1 aliphatic rings. The van der Waals surface area contributed by atoms with Crippen LogP contribution < -0.4 is 5.32 Å². The molecule has 0 saturated carbocycles. The molecule has 0 radical (unpaired) electrons. The maximum absolute atomic E-state index is 10.1. The predicted octanol–water partition coefficient (Wildman–Crippen LogP) is 0.476. The Kier molecular flexibility index (Phi) is 2.57. The molecule has 5 heteroatoms. The number of hydrogen-bond acceptors (Lipinski definition) is 4. The Hall–Kier alpha value is -1.46. The first-order valence-corrected chi connectivity index (χ1v) is 5.94. The molecule has 0 aromatic carbocycles. The van der Waals surface area contributed by atoms with Crippen molar-refractivity contribution in [3.63, 3.8) is 0 Å². The minimum Gasteiger partial charge on any atom is -0.391 e. The van der Waals surface area contributed by atoms with Gasteiger partial charge in [-0.25, -0.2) is 9.50 Å². The van der Waals surface area contributed by atoms with Crippen LogP contribution in [0.15, 0.2) is 18.6 Å². The second-order valence-electron chi connectivity index (χ2n) is 4.64. The number of aromatic nitrogens is 3. The van der Waals surface area contributed by atoms with E-state index in [2.05, 4.69) is 22.3 Å². The standard InChI is InChI=1S/C12H16N4O/c1-8-4-12-14-7-15-16(12)6-10(8)9-2-3-13-5-11(9)17/h4,6-7,9,11,13,17H,2-3,5H2,1H3/t9-,11+/m0/s1. The van der Waals surface area contributed by atoms with Gasteiger partial charge >= 0.3 is 0 Å². The lowest BCUT2D eigenvalue weighted by molar-refractivity contribution is 0.118. The van der Waals surface area contributed by atoms with E-state index in [1.807, 2.05) is 12.3 Å². The highest BCUT2D eigenvalue weighted by molar-refractivity contribution is 5.44. The van der Waals surface area contributed by atoms with Gasteiger partial charge in [0.1, 0.15) is 6.33 Å². The summed E-state index contributed by atoms with van der Waals surface area (Å²) in [5, 5.41) is 17.4. The minimum absolute atomic E-state index is 0.199. The van der Waals surface area contributed by atoms with Crippen molar-refractivity contribution in [1.82, 2.24) is 19.9 Å². The van der Waals surface area contributed by atoms with Gasteiger partial charge in [-0.15, -0.1) is 0 Å². The van der Waals surface area contributed by atoms with Crippen molar-refractivity contribution in [2.75, 3.05) is 13.1 Å². The third kappa shape index (κ3) is 1.81. The fourth-order valence-corrected chi connectivity index (χ4v) is 2.57. The van der Waals surface area contributed by atoms with Crippen LogP contribution in [0.3, 0.4) is 0 Å². The fourth-order valence-electron chi connectivity index (χ4n) is 2.57. The summed E-state index contributed by atoms with van der Waals surface area (Å²) >= 11 is 0. The first-order chi connectivity index (χ1) is 8.25. The van der Waals surface area contributed by atoms with Crippen LogP contribution in [0.4, 0.5) is 0 Å². The minimum atomic E-state index is -0.316. The summed E-state index contributed by atoms with van der Waals surface area (Å²) < 4.78 is 1.77. The summed E-state index contributed by atoms with van der Waals surface area (Å²) in [6, 6.07) is 2.02. The van der Waals surface area contributed by atoms with Crippen LogP contribution in [-0.4, -0.2) is 38.9 Å². The van der Waals surface area contributed by atoms with Gasteiger partial charge in [-0.1, -0.05) is 0 Å². The maximum Gasteiger partial charge on any atom is 0.155 e. The number of rotatable bonds is 1. The van der Waals surface area contributed by atoms with Crippen molar-refractivity contribution in [2.45, 2.75) is 25.4 Å². The molecule has 0 amide bonds. The molecule has 0 unspecified atom stereocenters. The number of aliphatic hydroxyl groups excluding tert-OH is 1. The predicted molar refractivity (Wildman–Crippen MR) is 64.0 cm³/mol.